The Morgan fingerprint density at radius 1 is 1.36 bits per heavy atom. The van der Waals surface area contributed by atoms with Crippen molar-refractivity contribution in [2.45, 2.75) is 31.3 Å². The fraction of sp³-hybridized carbons (Fsp3) is 0.500. The zero-order valence-corrected chi connectivity index (χ0v) is 14.2. The lowest BCUT2D eigenvalue weighted by Crippen LogP contribution is -2.11. The van der Waals surface area contributed by atoms with Gasteiger partial charge in [0.25, 0.3) is 0 Å². The number of hydrogen-bond donors (Lipinski definition) is 4. The average molecular weight is 366 g/mol. The molecule has 134 valence electrons. The van der Waals surface area contributed by atoms with E-state index in [1.54, 1.807) is 6.33 Å². The van der Waals surface area contributed by atoms with Crippen molar-refractivity contribution in [3.8, 4) is 0 Å². The van der Waals surface area contributed by atoms with Gasteiger partial charge in [-0.1, -0.05) is 12.2 Å². The number of fused-ring (bicyclic) bond motifs is 1. The van der Waals surface area contributed by atoms with Gasteiger partial charge in [0.2, 0.25) is 5.95 Å². The molecule has 1 saturated carbocycles. The van der Waals surface area contributed by atoms with Crippen LogP contribution in [0.1, 0.15) is 25.3 Å². The van der Waals surface area contributed by atoms with Gasteiger partial charge in [0.1, 0.15) is 0 Å². The summed E-state index contributed by atoms with van der Waals surface area (Å²) in [6.45, 7) is -0.0322. The van der Waals surface area contributed by atoms with Crippen molar-refractivity contribution in [1.82, 2.24) is 19.5 Å². The molecule has 2 aliphatic carbocycles. The van der Waals surface area contributed by atoms with E-state index in [4.69, 9.17) is 15.5 Å². The van der Waals surface area contributed by atoms with Gasteiger partial charge >= 0.3 is 7.82 Å². The van der Waals surface area contributed by atoms with E-state index in [9.17, 15) is 4.57 Å². The molecule has 11 heteroatoms. The maximum atomic E-state index is 10.8. The Morgan fingerprint density at radius 2 is 2.16 bits per heavy atom. The van der Waals surface area contributed by atoms with Crippen LogP contribution in [-0.2, 0) is 9.09 Å². The van der Waals surface area contributed by atoms with Crippen molar-refractivity contribution in [1.29, 1.82) is 0 Å². The molecular formula is C14H19N6O4P. The van der Waals surface area contributed by atoms with E-state index in [1.165, 1.54) is 0 Å². The number of allylic oxidation sites excluding steroid dienone is 1. The quantitative estimate of drug-likeness (QED) is 0.437. The Bertz CT molecular complexity index is 874. The first-order valence-corrected chi connectivity index (χ1v) is 9.57. The third-order valence-corrected chi connectivity index (χ3v) is 4.81. The first-order chi connectivity index (χ1) is 11.9. The molecule has 2 heterocycles. The molecule has 0 aliphatic heterocycles. The Labute approximate surface area is 143 Å². The van der Waals surface area contributed by atoms with Gasteiger partial charge in [-0.25, -0.2) is 9.55 Å². The lowest BCUT2D eigenvalue weighted by atomic mass is 10.1. The summed E-state index contributed by atoms with van der Waals surface area (Å²) in [4.78, 5) is 30.6. The van der Waals surface area contributed by atoms with Crippen LogP contribution in [0.2, 0.25) is 0 Å². The number of phosphoric acid groups is 1. The van der Waals surface area contributed by atoms with Crippen LogP contribution in [-0.4, -0.2) is 42.0 Å². The first kappa shape index (κ1) is 16.5. The van der Waals surface area contributed by atoms with Gasteiger partial charge in [-0.05, 0) is 19.3 Å². The van der Waals surface area contributed by atoms with Crippen LogP contribution in [0, 0.1) is 5.92 Å². The van der Waals surface area contributed by atoms with E-state index in [-0.39, 0.29) is 24.5 Å². The molecular weight excluding hydrogens is 347 g/mol. The molecule has 2 aromatic heterocycles. The number of hydrogen-bond acceptors (Lipinski definition) is 7. The number of phosphoric ester groups is 1. The smallest absolute Gasteiger partial charge is 0.368 e. The SMILES string of the molecule is Nc1nc(NC2CC2)c2ncn([C@H]3C=C[C@@H](COP(=O)(O)O)C3)c2n1. The molecule has 0 bridgehead atoms. The number of nitrogens with one attached hydrogen (secondary N) is 1. The standard InChI is InChI=1S/C14H19N6O4P/c15-14-18-12(17-9-2-3-9)11-13(19-14)20(7-16-11)10-4-1-8(5-10)6-24-25(21,22)23/h1,4,7-10H,2-3,5-6H2,(H2,21,22,23)(H3,15,17,18,19)/t8-,10+/m1/s1. The molecule has 10 nitrogen and oxygen atoms in total. The molecule has 4 rings (SSSR count). The summed E-state index contributed by atoms with van der Waals surface area (Å²) in [5, 5.41) is 3.32. The molecule has 2 aromatic rings. The fourth-order valence-electron chi connectivity index (χ4n) is 2.97. The second kappa shape index (κ2) is 6.06. The van der Waals surface area contributed by atoms with Crippen LogP contribution in [0.25, 0.3) is 11.2 Å². The number of rotatable bonds is 6. The summed E-state index contributed by atoms with van der Waals surface area (Å²) < 4.78 is 17.3. The van der Waals surface area contributed by atoms with Gasteiger partial charge in [-0.2, -0.15) is 9.97 Å². The van der Waals surface area contributed by atoms with Crippen molar-refractivity contribution in [3.63, 3.8) is 0 Å². The summed E-state index contributed by atoms with van der Waals surface area (Å²) >= 11 is 0. The third kappa shape index (κ3) is 3.67. The highest BCUT2D eigenvalue weighted by atomic mass is 31.2. The zero-order valence-electron chi connectivity index (χ0n) is 13.3. The van der Waals surface area contributed by atoms with Crippen LogP contribution in [0.3, 0.4) is 0 Å². The van der Waals surface area contributed by atoms with Gasteiger partial charge < -0.3 is 25.4 Å². The molecule has 25 heavy (non-hydrogen) atoms. The minimum absolute atomic E-state index is 0.0292. The number of nitrogens with zero attached hydrogens (tertiary/aromatic N) is 4. The lowest BCUT2D eigenvalue weighted by molar-refractivity contribution is 0.177. The molecule has 0 saturated heterocycles. The van der Waals surface area contributed by atoms with Crippen molar-refractivity contribution in [2.24, 2.45) is 5.92 Å². The Balaban J connectivity index is 1.55. The maximum Gasteiger partial charge on any atom is 0.469 e. The maximum absolute atomic E-state index is 10.8. The van der Waals surface area contributed by atoms with Crippen LogP contribution in [0.5, 0.6) is 0 Å². The summed E-state index contributed by atoms with van der Waals surface area (Å²) in [7, 11) is -4.46. The van der Waals surface area contributed by atoms with Crippen molar-refractivity contribution >= 4 is 30.8 Å². The highest BCUT2D eigenvalue weighted by molar-refractivity contribution is 7.46. The summed E-state index contributed by atoms with van der Waals surface area (Å²) in [5.41, 5.74) is 7.15. The van der Waals surface area contributed by atoms with E-state index < -0.39 is 7.82 Å². The van der Waals surface area contributed by atoms with E-state index in [0.717, 1.165) is 12.8 Å². The van der Waals surface area contributed by atoms with Gasteiger partial charge in [-0.3, -0.25) is 4.52 Å². The summed E-state index contributed by atoms with van der Waals surface area (Å²) in [5.74, 6) is 0.742. The minimum atomic E-state index is -4.46. The number of imidazole rings is 1. The molecule has 0 amide bonds. The van der Waals surface area contributed by atoms with Gasteiger partial charge in [0.05, 0.1) is 19.0 Å². The first-order valence-electron chi connectivity index (χ1n) is 8.04. The average Bonchev–Trinajstić information content (AvgIpc) is 3.06. The highest BCUT2D eigenvalue weighted by Gasteiger charge is 2.27. The monoisotopic (exact) mass is 366 g/mol. The van der Waals surface area contributed by atoms with Gasteiger partial charge in [0, 0.05) is 12.0 Å². The van der Waals surface area contributed by atoms with E-state index in [0.29, 0.717) is 29.4 Å². The molecule has 0 aromatic carbocycles. The zero-order chi connectivity index (χ0) is 17.6. The molecule has 0 radical (unpaired) electrons. The molecule has 0 unspecified atom stereocenters. The number of nitrogens with two attached hydrogens (primary N) is 1. The Hall–Kier alpha value is -2.00. The predicted octanol–water partition coefficient (Wildman–Crippen LogP) is 1.21. The minimum Gasteiger partial charge on any atom is -0.368 e. The van der Waals surface area contributed by atoms with Crippen molar-refractivity contribution < 1.29 is 18.9 Å². The Kier molecular flexibility index (Phi) is 3.99. The van der Waals surface area contributed by atoms with Crippen LogP contribution in [0.15, 0.2) is 18.5 Å². The van der Waals surface area contributed by atoms with E-state index in [2.05, 4.69) is 24.8 Å². The molecule has 5 N–H and O–H groups in total. The third-order valence-electron chi connectivity index (χ3n) is 4.32. The second-order valence-electron chi connectivity index (χ2n) is 6.41. The van der Waals surface area contributed by atoms with Gasteiger partial charge in [-0.15, -0.1) is 0 Å². The summed E-state index contributed by atoms with van der Waals surface area (Å²) in [6, 6.07) is 0.390. The predicted molar refractivity (Wildman–Crippen MR) is 90.7 cm³/mol. The molecule has 2 atom stereocenters. The van der Waals surface area contributed by atoms with Gasteiger partial charge in [0.15, 0.2) is 17.0 Å². The number of anilines is 2. The number of nitrogen functional groups attached to an aromatic ring is 1. The molecule has 1 fully saturated rings. The van der Waals surface area contributed by atoms with E-state index in [1.807, 2.05) is 16.7 Å². The van der Waals surface area contributed by atoms with Crippen LogP contribution >= 0.6 is 7.82 Å². The van der Waals surface area contributed by atoms with Crippen molar-refractivity contribution in [2.75, 3.05) is 17.7 Å². The lowest BCUT2D eigenvalue weighted by Gasteiger charge is -2.14. The highest BCUT2D eigenvalue weighted by Crippen LogP contribution is 2.39. The van der Waals surface area contributed by atoms with Crippen LogP contribution in [0.4, 0.5) is 11.8 Å². The van der Waals surface area contributed by atoms with Crippen LogP contribution < -0.4 is 11.1 Å². The second-order valence-corrected chi connectivity index (χ2v) is 7.65. The topological polar surface area (TPSA) is 148 Å². The van der Waals surface area contributed by atoms with E-state index >= 15 is 0 Å². The Morgan fingerprint density at radius 3 is 2.88 bits per heavy atom. The molecule has 2 aliphatic rings. The molecule has 0 spiro atoms. The normalized spacial score (nSPS) is 23.4. The summed E-state index contributed by atoms with van der Waals surface area (Å²) in [6.07, 6.45) is 8.40. The number of aromatic nitrogens is 4. The fourth-order valence-corrected chi connectivity index (χ4v) is 3.36. The van der Waals surface area contributed by atoms with Crippen molar-refractivity contribution in [3.05, 3.63) is 18.5 Å². The largest absolute Gasteiger partial charge is 0.469 e.